The zero-order valence-corrected chi connectivity index (χ0v) is 16.3. The third kappa shape index (κ3) is 3.65. The van der Waals surface area contributed by atoms with Crippen molar-refractivity contribution in [2.45, 2.75) is 52.1 Å². The molecular formula is C21H26ClN3O. The highest BCUT2D eigenvalue weighted by molar-refractivity contribution is 6.34. The lowest BCUT2D eigenvalue weighted by Gasteiger charge is -2.42. The minimum Gasteiger partial charge on any atom is -0.397 e. The highest BCUT2D eigenvalue weighted by Crippen LogP contribution is 2.36. The first-order valence-electron chi connectivity index (χ1n) is 9.13. The largest absolute Gasteiger partial charge is 0.397 e. The molecule has 0 unspecified atom stereocenters. The second kappa shape index (κ2) is 7.58. The van der Waals surface area contributed by atoms with Crippen LogP contribution in [0.1, 0.15) is 49.0 Å². The predicted molar refractivity (Wildman–Crippen MR) is 110 cm³/mol. The van der Waals surface area contributed by atoms with Crippen LogP contribution in [0.4, 0.5) is 17.1 Å². The minimum absolute atomic E-state index is 0.253. The number of carbonyl (C=O) groups excluding carboxylic acids is 1. The van der Waals surface area contributed by atoms with Crippen LogP contribution in [-0.2, 0) is 0 Å². The number of nitrogens with zero attached hydrogens (tertiary/aromatic N) is 1. The summed E-state index contributed by atoms with van der Waals surface area (Å²) in [6.07, 6.45) is 3.61. The first-order valence-corrected chi connectivity index (χ1v) is 9.50. The highest BCUT2D eigenvalue weighted by atomic mass is 35.5. The molecule has 1 fully saturated rings. The van der Waals surface area contributed by atoms with Gasteiger partial charge in [0.1, 0.15) is 0 Å². The predicted octanol–water partition coefficient (Wildman–Crippen LogP) is 5.25. The fraction of sp³-hybridized carbons (Fsp3) is 0.381. The van der Waals surface area contributed by atoms with Gasteiger partial charge in [0.25, 0.3) is 5.91 Å². The smallest absolute Gasteiger partial charge is 0.257 e. The van der Waals surface area contributed by atoms with E-state index in [4.69, 9.17) is 17.3 Å². The van der Waals surface area contributed by atoms with Gasteiger partial charge in [-0.3, -0.25) is 4.79 Å². The molecule has 4 nitrogen and oxygen atoms in total. The van der Waals surface area contributed by atoms with E-state index in [1.807, 2.05) is 12.1 Å². The number of rotatable bonds is 3. The van der Waals surface area contributed by atoms with Crippen molar-refractivity contribution in [1.29, 1.82) is 0 Å². The molecule has 0 aromatic heterocycles. The summed E-state index contributed by atoms with van der Waals surface area (Å²) in [6.45, 7) is 6.58. The van der Waals surface area contributed by atoms with E-state index in [-0.39, 0.29) is 5.91 Å². The number of amides is 1. The molecule has 5 heteroatoms. The SMILES string of the molecule is Cc1cc(N)c(NC(=O)c2ccccc2Cl)cc1N1[C@H](C)CCC[C@H]1C. The quantitative estimate of drug-likeness (QED) is 0.724. The van der Waals surface area contributed by atoms with E-state index < -0.39 is 0 Å². The molecule has 0 aliphatic carbocycles. The monoisotopic (exact) mass is 371 g/mol. The van der Waals surface area contributed by atoms with Crippen LogP contribution in [-0.4, -0.2) is 18.0 Å². The molecule has 0 radical (unpaired) electrons. The first-order chi connectivity index (χ1) is 12.4. The Kier molecular flexibility index (Phi) is 5.42. The van der Waals surface area contributed by atoms with Crippen LogP contribution in [0.3, 0.4) is 0 Å². The zero-order valence-electron chi connectivity index (χ0n) is 15.6. The number of benzene rings is 2. The number of nitrogen functional groups attached to an aromatic ring is 1. The molecule has 3 rings (SSSR count). The number of halogens is 1. The van der Waals surface area contributed by atoms with Crippen molar-refractivity contribution in [1.82, 2.24) is 0 Å². The summed E-state index contributed by atoms with van der Waals surface area (Å²) in [7, 11) is 0. The summed E-state index contributed by atoms with van der Waals surface area (Å²) >= 11 is 6.14. The van der Waals surface area contributed by atoms with Gasteiger partial charge in [0.05, 0.1) is 22.0 Å². The number of nitrogens with one attached hydrogen (secondary N) is 1. The van der Waals surface area contributed by atoms with Crippen molar-refractivity contribution in [3.8, 4) is 0 Å². The molecule has 26 heavy (non-hydrogen) atoms. The van der Waals surface area contributed by atoms with Crippen molar-refractivity contribution < 1.29 is 4.79 Å². The lowest BCUT2D eigenvalue weighted by Crippen LogP contribution is -2.44. The number of aryl methyl sites for hydroxylation is 1. The van der Waals surface area contributed by atoms with E-state index in [1.54, 1.807) is 24.3 Å². The Morgan fingerprint density at radius 3 is 2.50 bits per heavy atom. The van der Waals surface area contributed by atoms with Gasteiger partial charge in [0.15, 0.2) is 0 Å². The summed E-state index contributed by atoms with van der Waals surface area (Å²) in [5.41, 5.74) is 10.1. The van der Waals surface area contributed by atoms with Crippen molar-refractivity contribution >= 4 is 34.6 Å². The molecular weight excluding hydrogens is 346 g/mol. The summed E-state index contributed by atoms with van der Waals surface area (Å²) in [5, 5.41) is 3.35. The first kappa shape index (κ1) is 18.6. The number of hydrogen-bond acceptors (Lipinski definition) is 3. The summed E-state index contributed by atoms with van der Waals surface area (Å²) in [4.78, 5) is 15.1. The Morgan fingerprint density at radius 1 is 1.19 bits per heavy atom. The molecule has 3 N–H and O–H groups in total. The second-order valence-corrected chi connectivity index (χ2v) is 7.60. The molecule has 0 saturated carbocycles. The number of hydrogen-bond donors (Lipinski definition) is 2. The Morgan fingerprint density at radius 2 is 1.85 bits per heavy atom. The van der Waals surface area contributed by atoms with Crippen molar-refractivity contribution in [2.24, 2.45) is 0 Å². The average Bonchev–Trinajstić information content (AvgIpc) is 2.58. The number of anilines is 3. The van der Waals surface area contributed by atoms with Crippen LogP contribution in [0, 0.1) is 6.92 Å². The van der Waals surface area contributed by atoms with Crippen molar-refractivity contribution in [2.75, 3.05) is 16.0 Å². The molecule has 1 amide bonds. The maximum absolute atomic E-state index is 12.6. The normalized spacial score (nSPS) is 20.1. The summed E-state index contributed by atoms with van der Waals surface area (Å²) < 4.78 is 0. The molecule has 0 bridgehead atoms. The molecule has 1 aliphatic rings. The van der Waals surface area contributed by atoms with Crippen LogP contribution < -0.4 is 16.0 Å². The van der Waals surface area contributed by atoms with Crippen LogP contribution >= 0.6 is 11.6 Å². The Labute approximate surface area is 160 Å². The Hall–Kier alpha value is -2.20. The molecule has 2 aromatic carbocycles. The van der Waals surface area contributed by atoms with E-state index in [2.05, 4.69) is 31.0 Å². The maximum Gasteiger partial charge on any atom is 0.257 e. The minimum atomic E-state index is -0.253. The van der Waals surface area contributed by atoms with Gasteiger partial charge in [-0.1, -0.05) is 23.7 Å². The highest BCUT2D eigenvalue weighted by Gasteiger charge is 2.26. The molecule has 138 valence electrons. The van der Waals surface area contributed by atoms with Gasteiger partial charge < -0.3 is 16.0 Å². The van der Waals surface area contributed by atoms with Gasteiger partial charge in [0.2, 0.25) is 0 Å². The second-order valence-electron chi connectivity index (χ2n) is 7.20. The fourth-order valence-electron chi connectivity index (χ4n) is 3.84. The standard InChI is InChI=1S/C21H26ClN3O/c1-13-11-18(23)19(24-21(26)16-9-4-5-10-17(16)22)12-20(13)25-14(2)7-6-8-15(25)3/h4-5,9-12,14-15H,6-8,23H2,1-3H3,(H,24,26)/t14-,15-/m1/s1. The van der Waals surface area contributed by atoms with Crippen LogP contribution in [0.25, 0.3) is 0 Å². The van der Waals surface area contributed by atoms with Gasteiger partial charge in [-0.2, -0.15) is 0 Å². The van der Waals surface area contributed by atoms with E-state index in [1.165, 1.54) is 19.3 Å². The van der Waals surface area contributed by atoms with E-state index in [9.17, 15) is 4.79 Å². The van der Waals surface area contributed by atoms with E-state index in [0.29, 0.717) is 34.0 Å². The molecule has 1 aliphatic heterocycles. The number of nitrogens with two attached hydrogens (primary N) is 1. The van der Waals surface area contributed by atoms with Gasteiger partial charge >= 0.3 is 0 Å². The third-order valence-electron chi connectivity index (χ3n) is 5.21. The Balaban J connectivity index is 1.93. The number of carbonyl (C=O) groups is 1. The van der Waals surface area contributed by atoms with Gasteiger partial charge in [-0.05, 0) is 69.9 Å². The zero-order chi connectivity index (χ0) is 18.8. The molecule has 2 atom stereocenters. The molecule has 1 heterocycles. The number of piperidine rings is 1. The Bertz CT molecular complexity index is 811. The van der Waals surface area contributed by atoms with E-state index >= 15 is 0 Å². The van der Waals surface area contributed by atoms with Crippen LogP contribution in [0.15, 0.2) is 36.4 Å². The lowest BCUT2D eigenvalue weighted by atomic mass is 9.95. The topological polar surface area (TPSA) is 58.4 Å². The molecule has 0 spiro atoms. The van der Waals surface area contributed by atoms with Crippen LogP contribution in [0.5, 0.6) is 0 Å². The van der Waals surface area contributed by atoms with Crippen LogP contribution in [0.2, 0.25) is 5.02 Å². The maximum atomic E-state index is 12.6. The molecule has 1 saturated heterocycles. The summed E-state index contributed by atoms with van der Waals surface area (Å²) in [6, 6.07) is 11.9. The van der Waals surface area contributed by atoms with E-state index in [0.717, 1.165) is 11.3 Å². The van der Waals surface area contributed by atoms with Crippen molar-refractivity contribution in [3.63, 3.8) is 0 Å². The summed E-state index contributed by atoms with van der Waals surface area (Å²) in [5.74, 6) is -0.253. The van der Waals surface area contributed by atoms with Crippen molar-refractivity contribution in [3.05, 3.63) is 52.5 Å². The average molecular weight is 372 g/mol. The van der Waals surface area contributed by atoms with Gasteiger partial charge in [-0.15, -0.1) is 0 Å². The fourth-order valence-corrected chi connectivity index (χ4v) is 4.06. The third-order valence-corrected chi connectivity index (χ3v) is 5.54. The molecule has 2 aromatic rings. The van der Waals surface area contributed by atoms with Gasteiger partial charge in [-0.25, -0.2) is 0 Å². The lowest BCUT2D eigenvalue weighted by molar-refractivity contribution is 0.102. The van der Waals surface area contributed by atoms with Gasteiger partial charge in [0, 0.05) is 17.8 Å².